The van der Waals surface area contributed by atoms with Crippen molar-refractivity contribution >= 4 is 35.3 Å². The number of carbonyl (C=O) groups excluding carboxylic acids is 6. The van der Waals surface area contributed by atoms with Crippen LogP contribution >= 0.6 is 0 Å². The lowest BCUT2D eigenvalue weighted by molar-refractivity contribution is -0.146. The van der Waals surface area contributed by atoms with Crippen LogP contribution in [0.3, 0.4) is 0 Å². The van der Waals surface area contributed by atoms with Gasteiger partial charge in [0.15, 0.2) is 5.78 Å². The first-order valence-electron chi connectivity index (χ1n) is 20.3. The highest BCUT2D eigenvalue weighted by Gasteiger charge is 2.72. The average molecular weight is 749 g/mol. The van der Waals surface area contributed by atoms with Crippen LogP contribution in [0.4, 0.5) is 0 Å². The van der Waals surface area contributed by atoms with Crippen molar-refractivity contribution < 1.29 is 48.1 Å². The van der Waals surface area contributed by atoms with Gasteiger partial charge in [0.2, 0.25) is 0 Å². The van der Waals surface area contributed by atoms with E-state index in [-0.39, 0.29) is 85.5 Å². The fourth-order valence-electron chi connectivity index (χ4n) is 14.0. The van der Waals surface area contributed by atoms with Crippen molar-refractivity contribution in [1.82, 2.24) is 0 Å². The van der Waals surface area contributed by atoms with E-state index < -0.39 is 76.8 Å². The fraction of sp³-hybridized carbons (Fsp3) is 0.600. The van der Waals surface area contributed by atoms with Gasteiger partial charge in [-0.05, 0) is 81.6 Å². The number of hydrogen-bond donors (Lipinski definition) is 1. The Balaban J connectivity index is 1.08. The molecular formula is C45H48O10. The molecule has 3 heterocycles. The highest BCUT2D eigenvalue weighted by Crippen LogP contribution is 2.69. The minimum Gasteiger partial charge on any atom is -0.458 e. The fourth-order valence-corrected chi connectivity index (χ4v) is 14.0. The Kier molecular flexibility index (Phi) is 7.49. The van der Waals surface area contributed by atoms with Crippen LogP contribution in [0.15, 0.2) is 71.9 Å². The SMILES string of the molecule is C=C1C(=O)O[C@@H]2[C@@H]3C4=C(C(=O)[C@H]3CC[C@@H]3C(=O)C[C@H]5C(=C)CC[C@H]6C(=C)C(=O)O[C@@H]6[C@@H]35)[C@]3(CC[C@]4(O)CC[C@@H]12)C(=O)C[C@H]1C(=C)CC[C@H]2C(=C)C(=O)O[C@@H]2[C@H]13. The lowest BCUT2D eigenvalue weighted by Gasteiger charge is -2.47. The van der Waals surface area contributed by atoms with Crippen molar-refractivity contribution in [1.29, 1.82) is 0 Å². The molecule has 8 fully saturated rings. The maximum absolute atomic E-state index is 15.6. The van der Waals surface area contributed by atoms with Crippen molar-refractivity contribution in [2.45, 2.75) is 101 Å². The Labute approximate surface area is 320 Å². The summed E-state index contributed by atoms with van der Waals surface area (Å²) in [6.07, 6.45) is 2.74. The summed E-state index contributed by atoms with van der Waals surface area (Å²) < 4.78 is 18.1. The first-order chi connectivity index (χ1) is 26.2. The summed E-state index contributed by atoms with van der Waals surface area (Å²) in [4.78, 5) is 83.5. The Morgan fingerprint density at radius 2 is 1.18 bits per heavy atom. The molecular weight excluding hydrogens is 700 g/mol. The Bertz CT molecular complexity index is 2030. The summed E-state index contributed by atoms with van der Waals surface area (Å²) in [5, 5.41) is 12.8. The van der Waals surface area contributed by atoms with Gasteiger partial charge < -0.3 is 19.3 Å². The molecule has 1 N–H and O–H groups in total. The molecule has 3 saturated heterocycles. The molecule has 0 aromatic carbocycles. The van der Waals surface area contributed by atoms with Crippen LogP contribution in [0, 0.1) is 64.6 Å². The highest BCUT2D eigenvalue weighted by atomic mass is 16.6. The zero-order valence-corrected chi connectivity index (χ0v) is 31.1. The van der Waals surface area contributed by atoms with Crippen LogP contribution < -0.4 is 0 Å². The number of carbonyl (C=O) groups is 6. The smallest absolute Gasteiger partial charge is 0.334 e. The Morgan fingerprint density at radius 1 is 0.618 bits per heavy atom. The molecule has 0 amide bonds. The molecule has 0 radical (unpaired) electrons. The van der Waals surface area contributed by atoms with E-state index in [0.717, 1.165) is 11.1 Å². The van der Waals surface area contributed by atoms with Crippen LogP contribution in [0.1, 0.15) is 77.0 Å². The summed E-state index contributed by atoms with van der Waals surface area (Å²) in [6, 6.07) is 0. The third kappa shape index (κ3) is 4.46. The van der Waals surface area contributed by atoms with Crippen molar-refractivity contribution in [3.05, 3.63) is 71.9 Å². The standard InChI is InChI=1S/C45H48O10/c1-18-6-8-23-20(3)41(49)53-38(23)32-26(30(46)16-28(18)32)10-11-27-33-35-36(37(27)48)45(15-14-44(35,52)13-12-25-22(5)42(50)54-39(25)33)31(47)17-29-19(2)7-9-24-21(4)43(51)55-40(24)34(29)45/h23-29,32-34,38-40,52H,1-17H2/t23-,24-,25-,26+,27-,28-,29-,32-,33-,34-,38-,39-,40-,44+,45+/m0/s1. The highest BCUT2D eigenvalue weighted by molar-refractivity contribution is 6.10. The quantitative estimate of drug-likeness (QED) is 0.177. The first kappa shape index (κ1) is 35.2. The molecule has 0 unspecified atom stereocenters. The third-order valence-electron chi connectivity index (χ3n) is 16.6. The van der Waals surface area contributed by atoms with Gasteiger partial charge in [0.25, 0.3) is 0 Å². The van der Waals surface area contributed by atoms with Gasteiger partial charge in [-0.25, -0.2) is 14.4 Å². The number of ether oxygens (including phenoxy) is 3. The molecule has 10 rings (SSSR count). The molecule has 10 heteroatoms. The molecule has 0 aromatic rings. The van der Waals surface area contributed by atoms with E-state index in [0.29, 0.717) is 66.4 Å². The van der Waals surface area contributed by atoms with Gasteiger partial charge in [-0.1, -0.05) is 44.0 Å². The molecule has 0 aromatic heterocycles. The second kappa shape index (κ2) is 11.7. The monoisotopic (exact) mass is 748 g/mol. The van der Waals surface area contributed by atoms with E-state index >= 15 is 4.79 Å². The minimum atomic E-state index is -1.43. The minimum absolute atomic E-state index is 0.0426. The largest absolute Gasteiger partial charge is 0.458 e. The molecule has 5 saturated carbocycles. The molecule has 15 atom stereocenters. The van der Waals surface area contributed by atoms with Crippen LogP contribution in [0.25, 0.3) is 0 Å². The summed E-state index contributed by atoms with van der Waals surface area (Å²) >= 11 is 0. The Hall–Kier alpha value is -4.18. The summed E-state index contributed by atoms with van der Waals surface area (Å²) in [5.41, 5.74) is 1.02. The number of fused-ring (bicyclic) bond motifs is 10. The summed E-state index contributed by atoms with van der Waals surface area (Å²) in [5.74, 6) is -6.11. The van der Waals surface area contributed by atoms with Crippen molar-refractivity contribution in [3.63, 3.8) is 0 Å². The lowest BCUT2D eigenvalue weighted by atomic mass is 9.56. The molecule has 0 bridgehead atoms. The van der Waals surface area contributed by atoms with E-state index in [1.807, 2.05) is 0 Å². The van der Waals surface area contributed by atoms with Crippen LogP contribution in [0.2, 0.25) is 0 Å². The molecule has 1 spiro atoms. The maximum atomic E-state index is 15.6. The number of rotatable bonds is 3. The lowest BCUT2D eigenvalue weighted by Crippen LogP contribution is -2.51. The Morgan fingerprint density at radius 3 is 1.85 bits per heavy atom. The molecule has 3 aliphatic heterocycles. The van der Waals surface area contributed by atoms with E-state index in [4.69, 9.17) is 14.2 Å². The number of aliphatic hydroxyl groups is 1. The van der Waals surface area contributed by atoms with E-state index in [2.05, 4.69) is 32.9 Å². The van der Waals surface area contributed by atoms with Crippen LogP contribution in [-0.4, -0.2) is 64.3 Å². The molecule has 288 valence electrons. The zero-order valence-electron chi connectivity index (χ0n) is 31.1. The van der Waals surface area contributed by atoms with Gasteiger partial charge >= 0.3 is 17.9 Å². The van der Waals surface area contributed by atoms with Crippen molar-refractivity contribution in [2.75, 3.05) is 0 Å². The number of Topliss-reactive ketones (excluding diaryl/α,β-unsaturated/α-hetero) is 3. The third-order valence-corrected chi connectivity index (χ3v) is 16.6. The van der Waals surface area contributed by atoms with Gasteiger partial charge in [-0.2, -0.15) is 0 Å². The van der Waals surface area contributed by atoms with E-state index in [9.17, 15) is 29.1 Å². The number of esters is 3. The second-order valence-electron chi connectivity index (χ2n) is 18.5. The predicted molar refractivity (Wildman–Crippen MR) is 195 cm³/mol. The van der Waals surface area contributed by atoms with Crippen LogP contribution in [0.5, 0.6) is 0 Å². The van der Waals surface area contributed by atoms with Gasteiger partial charge in [0.1, 0.15) is 29.9 Å². The summed E-state index contributed by atoms with van der Waals surface area (Å²) in [6.45, 7) is 20.9. The number of hydrogen-bond acceptors (Lipinski definition) is 10. The zero-order chi connectivity index (χ0) is 38.6. The molecule has 7 aliphatic carbocycles. The predicted octanol–water partition coefficient (Wildman–Crippen LogP) is 5.20. The maximum Gasteiger partial charge on any atom is 0.334 e. The molecule has 10 nitrogen and oxygen atoms in total. The number of allylic oxidation sites excluding steroid dienone is 3. The van der Waals surface area contributed by atoms with E-state index in [1.165, 1.54) is 0 Å². The van der Waals surface area contributed by atoms with Crippen molar-refractivity contribution in [2.24, 2.45) is 64.6 Å². The van der Waals surface area contributed by atoms with Crippen LogP contribution in [-0.2, 0) is 43.0 Å². The second-order valence-corrected chi connectivity index (χ2v) is 18.5. The first-order valence-corrected chi connectivity index (χ1v) is 20.3. The topological polar surface area (TPSA) is 150 Å². The van der Waals surface area contributed by atoms with Gasteiger partial charge in [0.05, 0.1) is 11.0 Å². The molecule has 55 heavy (non-hydrogen) atoms. The van der Waals surface area contributed by atoms with E-state index in [1.54, 1.807) is 0 Å². The average Bonchev–Trinajstić information content (AvgIpc) is 3.89. The van der Waals surface area contributed by atoms with Gasteiger partial charge in [0, 0.05) is 82.5 Å². The van der Waals surface area contributed by atoms with Gasteiger partial charge in [-0.15, -0.1) is 0 Å². The van der Waals surface area contributed by atoms with Crippen molar-refractivity contribution in [3.8, 4) is 0 Å². The summed E-state index contributed by atoms with van der Waals surface area (Å²) in [7, 11) is 0. The normalized spacial score (nSPS) is 47.1. The molecule has 10 aliphatic rings. The van der Waals surface area contributed by atoms with Gasteiger partial charge in [-0.3, -0.25) is 14.4 Å². The number of ketones is 3.